The van der Waals surface area contributed by atoms with Crippen molar-refractivity contribution in [2.45, 2.75) is 39.0 Å². The van der Waals surface area contributed by atoms with Crippen molar-refractivity contribution in [1.82, 2.24) is 0 Å². The molecule has 0 N–H and O–H groups in total. The summed E-state index contributed by atoms with van der Waals surface area (Å²) < 4.78 is 30.2. The fourth-order valence-corrected chi connectivity index (χ4v) is 1.25. The van der Waals surface area contributed by atoms with Crippen LogP contribution in [0.1, 0.15) is 39.0 Å². The van der Waals surface area contributed by atoms with E-state index in [2.05, 4.69) is 6.92 Å². The molecule has 0 atom stereocenters. The third kappa shape index (κ3) is 15.0. The average molecular weight is 198 g/mol. The van der Waals surface area contributed by atoms with Gasteiger partial charge in [-0.1, -0.05) is 32.3 Å². The van der Waals surface area contributed by atoms with Crippen LogP contribution in [0, 0.1) is 0 Å². The third-order valence-electron chi connectivity index (χ3n) is 1.49. The maximum atomic E-state index is 10.1. The Morgan fingerprint density at radius 1 is 1.23 bits per heavy atom. The van der Waals surface area contributed by atoms with E-state index >= 15 is 0 Å². The van der Waals surface area contributed by atoms with E-state index in [4.69, 9.17) is 0 Å². The molecule has 0 rings (SSSR count). The third-order valence-corrected chi connectivity index (χ3v) is 2.01. The molecule has 0 aromatic heterocycles. The summed E-state index contributed by atoms with van der Waals surface area (Å²) >= 11 is 0. The molecule has 0 aliphatic carbocycles. The van der Waals surface area contributed by atoms with E-state index < -0.39 is 10.1 Å². The largest absolute Gasteiger partial charge is 1.00 e. The number of unbranched alkanes of at least 4 members (excludes halogenated alkanes) is 4. The predicted molar refractivity (Wildman–Crippen MR) is 47.6 cm³/mol. The Morgan fingerprint density at radius 3 is 2.31 bits per heavy atom. The number of allylic oxidation sites excluding steroid dienone is 1. The molecule has 0 spiro atoms. The first-order valence-corrected chi connectivity index (χ1v) is 5.66. The Hall–Kier alpha value is 0.247. The molecule has 0 aromatic rings. The topological polar surface area (TPSA) is 57.2 Å². The molecule has 0 radical (unpaired) electrons. The Kier molecular flexibility index (Phi) is 10.7. The first-order valence-electron chi connectivity index (χ1n) is 4.18. The molecule has 0 heterocycles. The van der Waals surface area contributed by atoms with Crippen molar-refractivity contribution in [1.29, 1.82) is 0 Å². The maximum Gasteiger partial charge on any atom is 1.00 e. The van der Waals surface area contributed by atoms with Crippen LogP contribution in [0.3, 0.4) is 0 Å². The smallest absolute Gasteiger partial charge is 0.744 e. The zero-order valence-corrected chi connectivity index (χ0v) is 9.14. The van der Waals surface area contributed by atoms with Crippen molar-refractivity contribution in [2.75, 3.05) is 0 Å². The Labute approximate surface area is 92.5 Å². The van der Waals surface area contributed by atoms with Crippen LogP contribution in [0.2, 0.25) is 0 Å². The fourth-order valence-electron chi connectivity index (χ4n) is 0.875. The van der Waals surface area contributed by atoms with Crippen molar-refractivity contribution in [3.05, 3.63) is 11.5 Å². The summed E-state index contributed by atoms with van der Waals surface area (Å²) in [6, 6.07) is 0. The molecule has 3 nitrogen and oxygen atoms in total. The van der Waals surface area contributed by atoms with Gasteiger partial charge < -0.3 is 4.55 Å². The second-order valence-corrected chi connectivity index (χ2v) is 3.97. The van der Waals surface area contributed by atoms with Gasteiger partial charge in [0.2, 0.25) is 0 Å². The maximum absolute atomic E-state index is 10.1. The summed E-state index contributed by atoms with van der Waals surface area (Å²) in [6.45, 7) is 2.11. The Balaban J connectivity index is 0. The number of hydrogen-bond donors (Lipinski definition) is 0. The summed E-state index contributed by atoms with van der Waals surface area (Å²) in [4.78, 5) is 0. The van der Waals surface area contributed by atoms with Gasteiger partial charge in [0.25, 0.3) is 0 Å². The minimum atomic E-state index is -4.15. The zero-order valence-electron chi connectivity index (χ0n) is 8.32. The monoisotopic (exact) mass is 198 g/mol. The second kappa shape index (κ2) is 8.83. The zero-order chi connectivity index (χ0) is 9.45. The van der Waals surface area contributed by atoms with Crippen LogP contribution in [0.15, 0.2) is 11.5 Å². The first kappa shape index (κ1) is 15.7. The van der Waals surface area contributed by atoms with Gasteiger partial charge in [0.1, 0.15) is 10.1 Å². The molecule has 0 saturated carbocycles. The minimum absolute atomic E-state index is 0. The van der Waals surface area contributed by atoms with Crippen molar-refractivity contribution >= 4 is 10.1 Å². The van der Waals surface area contributed by atoms with Gasteiger partial charge in [0.15, 0.2) is 0 Å². The molecule has 0 saturated heterocycles. The molecule has 0 bridgehead atoms. The molecule has 0 aromatic carbocycles. The predicted octanol–water partition coefficient (Wildman–Crippen LogP) is -0.980. The van der Waals surface area contributed by atoms with Crippen LogP contribution in [-0.4, -0.2) is 13.0 Å². The van der Waals surface area contributed by atoms with Crippen molar-refractivity contribution in [3.8, 4) is 0 Å². The quantitative estimate of drug-likeness (QED) is 0.313. The first-order chi connectivity index (χ1) is 5.56. The molecular formula is C8H15LiO3S. The van der Waals surface area contributed by atoms with Crippen LogP contribution in [0.25, 0.3) is 0 Å². The molecule has 0 fully saturated rings. The van der Waals surface area contributed by atoms with Gasteiger partial charge in [-0.05, 0) is 12.8 Å². The molecule has 13 heavy (non-hydrogen) atoms. The molecule has 0 amide bonds. The molecule has 0 aliphatic heterocycles. The molecule has 0 aliphatic rings. The van der Waals surface area contributed by atoms with Crippen LogP contribution < -0.4 is 18.9 Å². The standard InChI is InChI=1S/C8H16O3S.Li/c1-2-3-4-5-6-7-8-12(9,10)11;/h7-8H,2-6H2,1H3,(H,9,10,11);/q;+1/p-1. The summed E-state index contributed by atoms with van der Waals surface area (Å²) in [7, 11) is -4.15. The van der Waals surface area contributed by atoms with E-state index in [1.807, 2.05) is 0 Å². The Morgan fingerprint density at radius 2 is 1.85 bits per heavy atom. The van der Waals surface area contributed by atoms with Crippen molar-refractivity contribution in [2.24, 2.45) is 0 Å². The minimum Gasteiger partial charge on any atom is -0.744 e. The molecule has 0 unspecified atom stereocenters. The van der Waals surface area contributed by atoms with E-state index in [9.17, 15) is 13.0 Å². The summed E-state index contributed by atoms with van der Waals surface area (Å²) in [6.07, 6.45) is 6.49. The van der Waals surface area contributed by atoms with Gasteiger partial charge in [-0.25, -0.2) is 8.42 Å². The number of rotatable bonds is 6. The van der Waals surface area contributed by atoms with E-state index in [0.29, 0.717) is 6.42 Å². The van der Waals surface area contributed by atoms with Gasteiger partial charge in [0, 0.05) is 5.41 Å². The molecular weight excluding hydrogens is 183 g/mol. The van der Waals surface area contributed by atoms with Crippen LogP contribution >= 0.6 is 0 Å². The van der Waals surface area contributed by atoms with Crippen LogP contribution in [0.4, 0.5) is 0 Å². The fraction of sp³-hybridized carbons (Fsp3) is 0.750. The summed E-state index contributed by atoms with van der Waals surface area (Å²) in [5.74, 6) is 0. The second-order valence-electron chi connectivity index (χ2n) is 2.71. The van der Waals surface area contributed by atoms with Crippen LogP contribution in [0.5, 0.6) is 0 Å². The van der Waals surface area contributed by atoms with Gasteiger partial charge in [-0.3, -0.25) is 0 Å². The van der Waals surface area contributed by atoms with Crippen molar-refractivity contribution in [3.63, 3.8) is 0 Å². The van der Waals surface area contributed by atoms with Gasteiger partial charge in [0.05, 0.1) is 0 Å². The molecule has 5 heteroatoms. The normalized spacial score (nSPS) is 11.5. The molecule has 72 valence electrons. The SMILES string of the molecule is CCCCCCC=CS(=O)(=O)[O-].[Li+]. The number of hydrogen-bond acceptors (Lipinski definition) is 3. The van der Waals surface area contributed by atoms with E-state index in [0.717, 1.165) is 31.1 Å². The van der Waals surface area contributed by atoms with Gasteiger partial charge >= 0.3 is 18.9 Å². The van der Waals surface area contributed by atoms with E-state index in [-0.39, 0.29) is 18.9 Å². The summed E-state index contributed by atoms with van der Waals surface area (Å²) in [5.41, 5.74) is 0. The average Bonchev–Trinajstić information content (AvgIpc) is 1.94. The van der Waals surface area contributed by atoms with Gasteiger partial charge in [-0.15, -0.1) is 0 Å². The Bertz CT molecular complexity index is 222. The van der Waals surface area contributed by atoms with Crippen molar-refractivity contribution < 1.29 is 31.8 Å². The summed E-state index contributed by atoms with van der Waals surface area (Å²) in [5, 5.41) is 0.735. The van der Waals surface area contributed by atoms with Crippen LogP contribution in [-0.2, 0) is 10.1 Å². The van der Waals surface area contributed by atoms with Gasteiger partial charge in [-0.2, -0.15) is 0 Å². The van der Waals surface area contributed by atoms with E-state index in [1.165, 1.54) is 6.08 Å². The van der Waals surface area contributed by atoms with E-state index in [1.54, 1.807) is 0 Å².